The van der Waals surface area contributed by atoms with Gasteiger partial charge in [-0.3, -0.25) is 0 Å². The van der Waals surface area contributed by atoms with Crippen molar-refractivity contribution in [1.82, 2.24) is 9.80 Å². The molecule has 0 aromatic heterocycles. The highest BCUT2D eigenvalue weighted by molar-refractivity contribution is 5.22. The fourth-order valence-electron chi connectivity index (χ4n) is 4.97. The second-order valence-electron chi connectivity index (χ2n) is 11.0. The molecule has 2 rings (SSSR count). The smallest absolute Gasteiger partial charge is 0.104 e. The highest BCUT2D eigenvalue weighted by Crippen LogP contribution is 2.14. The zero-order chi connectivity index (χ0) is 27.1. The highest BCUT2D eigenvalue weighted by Gasteiger charge is 2.11. The molecule has 218 valence electrons. The summed E-state index contributed by atoms with van der Waals surface area (Å²) in [6.45, 7) is 9.51. The Hall–Kier alpha value is -1.56. The Morgan fingerprint density at radius 2 is 1.24 bits per heavy atom. The minimum atomic E-state index is 0.00450. The Kier molecular flexibility index (Phi) is 19.1. The first-order valence-corrected chi connectivity index (χ1v) is 15.7. The number of unbranched alkanes of at least 4 members (excludes halogenated alkanes) is 13. The van der Waals surface area contributed by atoms with E-state index in [1.165, 1.54) is 94.6 Å². The molecule has 1 aliphatic rings. The predicted molar refractivity (Wildman–Crippen MR) is 160 cm³/mol. The lowest BCUT2D eigenvalue weighted by atomic mass is 10.0. The number of ether oxygens (including phenoxy) is 3. The zero-order valence-electron chi connectivity index (χ0n) is 25.0. The van der Waals surface area contributed by atoms with Crippen LogP contribution in [0.5, 0.6) is 0 Å². The van der Waals surface area contributed by atoms with Gasteiger partial charge in [0, 0.05) is 39.2 Å². The summed E-state index contributed by atoms with van der Waals surface area (Å²) in [7, 11) is 2.10. The minimum Gasteiger partial charge on any atom is -0.379 e. The van der Waals surface area contributed by atoms with Crippen molar-refractivity contribution in [2.24, 2.45) is 0 Å². The summed E-state index contributed by atoms with van der Waals surface area (Å²) >= 11 is 0. The van der Waals surface area contributed by atoms with Gasteiger partial charge in [0.25, 0.3) is 0 Å². The highest BCUT2D eigenvalue weighted by atomic mass is 16.6. The van der Waals surface area contributed by atoms with Crippen molar-refractivity contribution in [2.45, 2.75) is 123 Å². The maximum Gasteiger partial charge on any atom is 0.104 e. The number of rotatable bonds is 25. The molecule has 0 bridgehead atoms. The maximum atomic E-state index is 5.97. The Balaban J connectivity index is 1.42. The first kappa shape index (κ1) is 32.7. The molecule has 1 unspecified atom stereocenters. The monoisotopic (exact) mass is 530 g/mol. The third kappa shape index (κ3) is 16.4. The lowest BCUT2D eigenvalue weighted by Gasteiger charge is -2.19. The van der Waals surface area contributed by atoms with Crippen LogP contribution in [0.1, 0.15) is 115 Å². The van der Waals surface area contributed by atoms with Gasteiger partial charge in [-0.25, -0.2) is 0 Å². The van der Waals surface area contributed by atoms with Gasteiger partial charge >= 0.3 is 0 Å². The number of nitrogens with zero attached hydrogens (tertiary/aromatic N) is 2. The molecule has 0 saturated heterocycles. The van der Waals surface area contributed by atoms with Crippen LogP contribution < -0.4 is 0 Å². The number of hydrogen-bond donors (Lipinski definition) is 0. The normalized spacial score (nSPS) is 14.1. The van der Waals surface area contributed by atoms with Crippen molar-refractivity contribution in [3.8, 4) is 0 Å². The van der Waals surface area contributed by atoms with E-state index in [0.717, 1.165) is 26.2 Å². The van der Waals surface area contributed by atoms with Crippen LogP contribution in [0, 0.1) is 0 Å². The molecule has 0 aliphatic carbocycles. The van der Waals surface area contributed by atoms with Gasteiger partial charge in [-0.15, -0.1) is 0 Å². The van der Waals surface area contributed by atoms with Crippen molar-refractivity contribution in [1.29, 1.82) is 0 Å². The van der Waals surface area contributed by atoms with Crippen molar-refractivity contribution in [2.75, 3.05) is 40.1 Å². The summed E-state index contributed by atoms with van der Waals surface area (Å²) in [5, 5.41) is 0. The summed E-state index contributed by atoms with van der Waals surface area (Å²) in [5.74, 6) is 0. The summed E-state index contributed by atoms with van der Waals surface area (Å²) in [5.41, 5.74) is 2.51. The van der Waals surface area contributed by atoms with E-state index in [2.05, 4.69) is 60.4 Å². The van der Waals surface area contributed by atoms with Crippen LogP contribution in [0.25, 0.3) is 0 Å². The molecule has 1 aromatic rings. The quantitative estimate of drug-likeness (QED) is 0.119. The molecule has 1 aliphatic heterocycles. The fraction of sp³-hybridized carbons (Fsp3) is 0.758. The van der Waals surface area contributed by atoms with Crippen LogP contribution >= 0.6 is 0 Å². The molecule has 0 N–H and O–H groups in total. The van der Waals surface area contributed by atoms with E-state index in [9.17, 15) is 0 Å². The topological polar surface area (TPSA) is 34.2 Å². The largest absolute Gasteiger partial charge is 0.379 e. The van der Waals surface area contributed by atoms with Crippen molar-refractivity contribution in [3.05, 3.63) is 47.8 Å². The van der Waals surface area contributed by atoms with Crippen molar-refractivity contribution < 1.29 is 14.2 Å². The molecular formula is C33H58N2O3. The SMILES string of the molecule is CCCCCCCCCCCCCCCCOCC(COCc1ccc(CN2C=CN(C)C2)cc1)OCC. The van der Waals surface area contributed by atoms with Crippen LogP contribution in [0.3, 0.4) is 0 Å². The van der Waals surface area contributed by atoms with E-state index in [4.69, 9.17) is 14.2 Å². The van der Waals surface area contributed by atoms with E-state index in [1.807, 2.05) is 6.92 Å². The van der Waals surface area contributed by atoms with Crippen molar-refractivity contribution >= 4 is 0 Å². The summed E-state index contributed by atoms with van der Waals surface area (Å²) in [6, 6.07) is 8.73. The van der Waals surface area contributed by atoms with E-state index < -0.39 is 0 Å². The van der Waals surface area contributed by atoms with Gasteiger partial charge in [-0.2, -0.15) is 0 Å². The van der Waals surface area contributed by atoms with Gasteiger partial charge in [-0.05, 0) is 24.5 Å². The van der Waals surface area contributed by atoms with Crippen LogP contribution in [-0.4, -0.2) is 56.0 Å². The second-order valence-corrected chi connectivity index (χ2v) is 11.0. The molecule has 5 nitrogen and oxygen atoms in total. The average molecular weight is 531 g/mol. The third-order valence-electron chi connectivity index (χ3n) is 7.27. The average Bonchev–Trinajstić information content (AvgIpc) is 3.33. The standard InChI is InChI=1S/C33H58N2O3/c1-4-6-7-8-9-10-11-12-13-14-15-16-17-18-25-36-28-33(38-5-2)29-37-27-32-21-19-31(20-22-32)26-35-24-23-34(3)30-35/h19-24,33H,4-18,25-30H2,1-3H3. The fourth-order valence-corrected chi connectivity index (χ4v) is 4.97. The van der Waals surface area contributed by atoms with Crippen molar-refractivity contribution in [3.63, 3.8) is 0 Å². The molecule has 0 spiro atoms. The Bertz CT molecular complexity index is 694. The van der Waals surface area contributed by atoms with Crippen LogP contribution in [-0.2, 0) is 27.4 Å². The van der Waals surface area contributed by atoms with Gasteiger partial charge in [0.15, 0.2) is 0 Å². The molecule has 0 fully saturated rings. The molecule has 38 heavy (non-hydrogen) atoms. The van der Waals surface area contributed by atoms with Gasteiger partial charge in [0.1, 0.15) is 6.10 Å². The number of hydrogen-bond acceptors (Lipinski definition) is 5. The summed E-state index contributed by atoms with van der Waals surface area (Å²) < 4.78 is 17.7. The molecule has 1 aromatic carbocycles. The van der Waals surface area contributed by atoms with E-state index in [-0.39, 0.29) is 6.10 Å². The van der Waals surface area contributed by atoms with E-state index >= 15 is 0 Å². The molecule has 0 saturated carbocycles. The Labute approximate surface area is 234 Å². The van der Waals surface area contributed by atoms with Gasteiger partial charge in [0.2, 0.25) is 0 Å². The summed E-state index contributed by atoms with van der Waals surface area (Å²) in [6.07, 6.45) is 23.6. The number of benzene rings is 1. The molecule has 5 heteroatoms. The van der Waals surface area contributed by atoms with Crippen LogP contribution in [0.4, 0.5) is 0 Å². The van der Waals surface area contributed by atoms with Crippen LogP contribution in [0.2, 0.25) is 0 Å². The van der Waals surface area contributed by atoms with Gasteiger partial charge < -0.3 is 24.0 Å². The van der Waals surface area contributed by atoms with E-state index in [1.54, 1.807) is 0 Å². The van der Waals surface area contributed by atoms with Gasteiger partial charge in [0.05, 0.1) is 26.5 Å². The molecule has 1 heterocycles. The predicted octanol–water partition coefficient (Wildman–Crippen LogP) is 8.28. The molecule has 0 amide bonds. The lowest BCUT2D eigenvalue weighted by Crippen LogP contribution is -2.26. The maximum absolute atomic E-state index is 5.97. The zero-order valence-corrected chi connectivity index (χ0v) is 25.0. The minimum absolute atomic E-state index is 0.00450. The molecular weight excluding hydrogens is 472 g/mol. The first-order valence-electron chi connectivity index (χ1n) is 15.7. The summed E-state index contributed by atoms with van der Waals surface area (Å²) in [4.78, 5) is 4.48. The van der Waals surface area contributed by atoms with E-state index in [0.29, 0.717) is 26.4 Å². The first-order chi connectivity index (χ1) is 18.7. The Morgan fingerprint density at radius 1 is 0.684 bits per heavy atom. The molecule has 1 atom stereocenters. The third-order valence-corrected chi connectivity index (χ3v) is 7.27. The Morgan fingerprint density at radius 3 is 1.79 bits per heavy atom. The van der Waals surface area contributed by atoms with Crippen LogP contribution in [0.15, 0.2) is 36.7 Å². The second kappa shape index (κ2) is 22.3. The molecule has 0 radical (unpaired) electrons. The van der Waals surface area contributed by atoms with Gasteiger partial charge in [-0.1, -0.05) is 115 Å². The lowest BCUT2D eigenvalue weighted by molar-refractivity contribution is -0.0601.